The molecule has 5 heteroatoms. The van der Waals surface area contributed by atoms with Crippen molar-refractivity contribution in [2.24, 2.45) is 0 Å². The molecule has 24 heavy (non-hydrogen) atoms. The molecule has 0 unspecified atom stereocenters. The summed E-state index contributed by atoms with van der Waals surface area (Å²) in [6.45, 7) is 0.873. The van der Waals surface area contributed by atoms with E-state index in [-0.39, 0.29) is 5.30 Å². The van der Waals surface area contributed by atoms with E-state index in [9.17, 15) is 4.79 Å². The summed E-state index contributed by atoms with van der Waals surface area (Å²) in [5, 5.41) is 3.85. The quantitative estimate of drug-likeness (QED) is 0.655. The third-order valence-corrected chi connectivity index (χ3v) is 4.58. The van der Waals surface area contributed by atoms with E-state index in [1.54, 1.807) is 0 Å². The van der Waals surface area contributed by atoms with Gasteiger partial charge in [-0.05, 0) is 55.0 Å². The maximum absolute atomic E-state index is 12.2. The van der Waals surface area contributed by atoms with Gasteiger partial charge in [0, 0.05) is 22.9 Å². The highest BCUT2D eigenvalue weighted by atomic mass is 32.2. The van der Waals surface area contributed by atoms with Gasteiger partial charge in [-0.15, -0.1) is 0 Å². The van der Waals surface area contributed by atoms with Gasteiger partial charge in [0.25, 0.3) is 0 Å². The normalized spacial score (nSPS) is 10.9. The highest BCUT2D eigenvalue weighted by Gasteiger charge is 2.13. The van der Waals surface area contributed by atoms with E-state index < -0.39 is 0 Å². The van der Waals surface area contributed by atoms with Gasteiger partial charge in [-0.25, -0.2) is 4.79 Å². The highest BCUT2D eigenvalue weighted by Crippen LogP contribution is 2.30. The Hall–Kier alpha value is -2.24. The Morgan fingerprint density at radius 3 is 2.79 bits per heavy atom. The number of nitrogens with one attached hydrogen (secondary N) is 2. The molecule has 2 aromatic carbocycles. The number of rotatable bonds is 6. The van der Waals surface area contributed by atoms with Crippen LogP contribution in [0.25, 0.3) is 10.9 Å². The van der Waals surface area contributed by atoms with Gasteiger partial charge in [-0.3, -0.25) is 0 Å². The molecule has 0 saturated heterocycles. The summed E-state index contributed by atoms with van der Waals surface area (Å²) < 4.78 is 5.61. The van der Waals surface area contributed by atoms with E-state index in [2.05, 4.69) is 10.3 Å². The molecule has 0 saturated carbocycles. The van der Waals surface area contributed by atoms with Crippen molar-refractivity contribution in [2.75, 3.05) is 13.6 Å². The molecule has 0 aliphatic rings. The first kappa shape index (κ1) is 16.6. The molecule has 1 aromatic heterocycles. The van der Waals surface area contributed by atoms with Gasteiger partial charge in [-0.1, -0.05) is 36.4 Å². The molecule has 3 rings (SSSR count). The summed E-state index contributed by atoms with van der Waals surface area (Å²) >= 11 is 1.18. The lowest BCUT2D eigenvalue weighted by Gasteiger charge is -2.07. The van der Waals surface area contributed by atoms with Crippen molar-refractivity contribution < 1.29 is 9.53 Å². The van der Waals surface area contributed by atoms with Gasteiger partial charge in [0.1, 0.15) is 5.75 Å². The fourth-order valence-electron chi connectivity index (χ4n) is 2.60. The summed E-state index contributed by atoms with van der Waals surface area (Å²) in [4.78, 5) is 15.4. The molecule has 2 N–H and O–H groups in total. The average Bonchev–Trinajstić information content (AvgIpc) is 3.03. The Morgan fingerprint density at radius 2 is 2.00 bits per heavy atom. The first-order chi connectivity index (χ1) is 11.8. The van der Waals surface area contributed by atoms with Crippen LogP contribution in [0, 0.1) is 0 Å². The number of likely N-dealkylation sites (N-methyl/N-ethyl adjacent to an activating group) is 1. The first-order valence-corrected chi connectivity index (χ1v) is 8.88. The molecule has 0 spiro atoms. The molecule has 4 nitrogen and oxygen atoms in total. The highest BCUT2D eigenvalue weighted by molar-refractivity contribution is 8.12. The van der Waals surface area contributed by atoms with Gasteiger partial charge in [0.05, 0.1) is 0 Å². The van der Waals surface area contributed by atoms with Crippen LogP contribution >= 0.6 is 11.8 Å². The minimum atomic E-state index is -0.285. The number of aromatic amines is 1. The second-order valence-corrected chi connectivity index (χ2v) is 6.38. The van der Waals surface area contributed by atoms with Gasteiger partial charge in [0.2, 0.25) is 0 Å². The standard InChI is InChI=1S/C19H20N2O2S/c1-20-11-10-15-12-21-16-8-5-9-17(18(15)16)23-19(22)24-13-14-6-3-2-4-7-14/h2-9,12,20-21H,10-11,13H2,1H3. The summed E-state index contributed by atoms with van der Waals surface area (Å²) in [6, 6.07) is 15.6. The Kier molecular flexibility index (Phi) is 5.56. The van der Waals surface area contributed by atoms with Crippen molar-refractivity contribution in [1.29, 1.82) is 0 Å². The maximum atomic E-state index is 12.2. The van der Waals surface area contributed by atoms with Gasteiger partial charge >= 0.3 is 5.30 Å². The van der Waals surface area contributed by atoms with Crippen LogP contribution in [0.3, 0.4) is 0 Å². The number of hydrogen-bond acceptors (Lipinski definition) is 4. The molecule has 0 fully saturated rings. The van der Waals surface area contributed by atoms with Crippen LogP contribution in [0.1, 0.15) is 11.1 Å². The van der Waals surface area contributed by atoms with Crippen molar-refractivity contribution in [3.05, 3.63) is 65.9 Å². The van der Waals surface area contributed by atoms with E-state index in [1.165, 1.54) is 11.8 Å². The van der Waals surface area contributed by atoms with Crippen LogP contribution in [0.15, 0.2) is 54.7 Å². The summed E-state index contributed by atoms with van der Waals surface area (Å²) in [6.07, 6.45) is 2.86. The van der Waals surface area contributed by atoms with E-state index >= 15 is 0 Å². The number of fused-ring (bicyclic) bond motifs is 1. The van der Waals surface area contributed by atoms with E-state index in [4.69, 9.17) is 4.74 Å². The minimum absolute atomic E-state index is 0.285. The number of benzene rings is 2. The summed E-state index contributed by atoms with van der Waals surface area (Å²) in [7, 11) is 1.93. The molecule has 3 aromatic rings. The topological polar surface area (TPSA) is 54.1 Å². The van der Waals surface area contributed by atoms with Gasteiger partial charge in [-0.2, -0.15) is 0 Å². The van der Waals surface area contributed by atoms with Crippen molar-refractivity contribution in [3.63, 3.8) is 0 Å². The Labute approximate surface area is 145 Å². The van der Waals surface area contributed by atoms with Gasteiger partial charge < -0.3 is 15.0 Å². The molecule has 124 valence electrons. The predicted molar refractivity (Wildman–Crippen MR) is 99.7 cm³/mol. The van der Waals surface area contributed by atoms with Crippen molar-refractivity contribution in [1.82, 2.24) is 10.3 Å². The number of aromatic nitrogens is 1. The monoisotopic (exact) mass is 340 g/mol. The molecule has 0 aliphatic heterocycles. The molecule has 1 heterocycles. The number of carbonyl (C=O) groups is 1. The minimum Gasteiger partial charge on any atom is -0.418 e. The smallest absolute Gasteiger partial charge is 0.373 e. The zero-order valence-electron chi connectivity index (χ0n) is 13.5. The lowest BCUT2D eigenvalue weighted by Crippen LogP contribution is -2.10. The molecular weight excluding hydrogens is 320 g/mol. The van der Waals surface area contributed by atoms with Crippen molar-refractivity contribution in [3.8, 4) is 5.75 Å². The molecular formula is C19H20N2O2S. The van der Waals surface area contributed by atoms with E-state index in [1.807, 2.05) is 61.8 Å². The summed E-state index contributed by atoms with van der Waals surface area (Å²) in [5.41, 5.74) is 3.24. The molecule has 0 radical (unpaired) electrons. The van der Waals surface area contributed by atoms with Crippen LogP contribution in [0.4, 0.5) is 4.79 Å². The lowest BCUT2D eigenvalue weighted by molar-refractivity contribution is 0.227. The number of thioether (sulfide) groups is 1. The van der Waals surface area contributed by atoms with Crippen LogP contribution < -0.4 is 10.1 Å². The molecule has 0 atom stereocenters. The molecule has 0 bridgehead atoms. The molecule has 0 aliphatic carbocycles. The lowest BCUT2D eigenvalue weighted by atomic mass is 10.1. The van der Waals surface area contributed by atoms with Crippen LogP contribution in [-0.4, -0.2) is 23.9 Å². The zero-order chi connectivity index (χ0) is 16.8. The van der Waals surface area contributed by atoms with Crippen LogP contribution in [-0.2, 0) is 12.2 Å². The Bertz CT molecular complexity index is 815. The number of carbonyl (C=O) groups excluding carboxylic acids is 1. The number of ether oxygens (including phenoxy) is 1. The maximum Gasteiger partial charge on any atom is 0.373 e. The van der Waals surface area contributed by atoms with Crippen molar-refractivity contribution >= 4 is 28.0 Å². The van der Waals surface area contributed by atoms with Crippen LogP contribution in [0.5, 0.6) is 5.75 Å². The first-order valence-electron chi connectivity index (χ1n) is 7.90. The third-order valence-electron chi connectivity index (χ3n) is 3.79. The third kappa shape index (κ3) is 3.99. The number of hydrogen-bond donors (Lipinski definition) is 2. The Morgan fingerprint density at radius 1 is 1.17 bits per heavy atom. The van der Waals surface area contributed by atoms with Crippen LogP contribution in [0.2, 0.25) is 0 Å². The predicted octanol–water partition coefficient (Wildman–Crippen LogP) is 4.36. The fourth-order valence-corrected chi connectivity index (χ4v) is 3.22. The zero-order valence-corrected chi connectivity index (χ0v) is 14.4. The average molecular weight is 340 g/mol. The largest absolute Gasteiger partial charge is 0.418 e. The second-order valence-electron chi connectivity index (χ2n) is 5.47. The Balaban J connectivity index is 1.72. The van der Waals surface area contributed by atoms with E-state index in [0.29, 0.717) is 11.5 Å². The van der Waals surface area contributed by atoms with Crippen molar-refractivity contribution in [2.45, 2.75) is 12.2 Å². The molecule has 0 amide bonds. The fraction of sp³-hybridized carbons (Fsp3) is 0.211. The van der Waals surface area contributed by atoms with Gasteiger partial charge in [0.15, 0.2) is 0 Å². The van der Waals surface area contributed by atoms with E-state index in [0.717, 1.165) is 35.0 Å². The SMILES string of the molecule is CNCCc1c[nH]c2cccc(OC(=O)SCc3ccccc3)c12. The number of H-pyrrole nitrogens is 1. The summed E-state index contributed by atoms with van der Waals surface area (Å²) in [5.74, 6) is 1.22. The second kappa shape index (κ2) is 8.04.